The molecule has 0 spiro atoms. The smallest absolute Gasteiger partial charge is 0.253 e. The molecule has 140 valence electrons. The summed E-state index contributed by atoms with van der Waals surface area (Å²) in [6.45, 7) is 5.85. The Bertz CT molecular complexity index is 1130. The lowest BCUT2D eigenvalue weighted by Crippen LogP contribution is -2.28. The lowest BCUT2D eigenvalue weighted by molar-refractivity contribution is 0.0938. The fourth-order valence-corrected chi connectivity index (χ4v) is 3.55. The van der Waals surface area contributed by atoms with Crippen molar-refractivity contribution in [2.75, 3.05) is 0 Å². The number of hydrogen-bond donors (Lipinski definition) is 1. The number of pyridine rings is 1. The largest absolute Gasteiger partial charge is 0.345 e. The van der Waals surface area contributed by atoms with Crippen LogP contribution in [0.2, 0.25) is 0 Å². The van der Waals surface area contributed by atoms with Gasteiger partial charge in [-0.3, -0.25) is 9.78 Å². The van der Waals surface area contributed by atoms with E-state index in [2.05, 4.69) is 15.4 Å². The number of carbonyl (C=O) groups is 1. The molecular formula is C23H22N4O. The summed E-state index contributed by atoms with van der Waals surface area (Å²) < 4.78 is 1.81. The van der Waals surface area contributed by atoms with Crippen LogP contribution in [0, 0.1) is 13.8 Å². The molecule has 2 aromatic carbocycles. The molecule has 5 heteroatoms. The van der Waals surface area contributed by atoms with Gasteiger partial charge in [0, 0.05) is 17.8 Å². The highest BCUT2D eigenvalue weighted by molar-refractivity contribution is 6.01. The summed E-state index contributed by atoms with van der Waals surface area (Å²) in [6, 6.07) is 17.7. The quantitative estimate of drug-likeness (QED) is 0.574. The Morgan fingerprint density at radius 2 is 1.79 bits per heavy atom. The molecule has 1 atom stereocenters. The summed E-state index contributed by atoms with van der Waals surface area (Å²) in [5.41, 5.74) is 5.29. The maximum absolute atomic E-state index is 13.0. The molecule has 1 N–H and O–H groups in total. The number of fused-ring (bicyclic) bond motifs is 1. The number of para-hydroxylation sites is 1. The second-order valence-corrected chi connectivity index (χ2v) is 6.95. The summed E-state index contributed by atoms with van der Waals surface area (Å²) in [7, 11) is 0. The van der Waals surface area contributed by atoms with Gasteiger partial charge in [0.25, 0.3) is 5.91 Å². The second kappa shape index (κ2) is 7.27. The molecule has 2 aromatic heterocycles. The van der Waals surface area contributed by atoms with Gasteiger partial charge >= 0.3 is 0 Å². The van der Waals surface area contributed by atoms with Crippen molar-refractivity contribution in [3.63, 3.8) is 0 Å². The number of aryl methyl sites for hydroxylation is 2. The number of nitrogens with one attached hydrogen (secondary N) is 1. The first-order chi connectivity index (χ1) is 13.5. The molecule has 5 nitrogen and oxygen atoms in total. The molecule has 0 radical (unpaired) electrons. The number of rotatable bonds is 4. The van der Waals surface area contributed by atoms with Crippen LogP contribution >= 0.6 is 0 Å². The SMILES string of the molecule is Cc1nc2ccccc2c(C)c1C(=O)N[C@@H](C)c1ccc(-n2cccn2)cc1. The molecule has 0 aliphatic heterocycles. The highest BCUT2D eigenvalue weighted by atomic mass is 16.1. The predicted molar refractivity (Wildman–Crippen MR) is 111 cm³/mol. The van der Waals surface area contributed by atoms with E-state index in [4.69, 9.17) is 0 Å². The van der Waals surface area contributed by atoms with E-state index in [0.717, 1.165) is 33.4 Å². The monoisotopic (exact) mass is 370 g/mol. The van der Waals surface area contributed by atoms with Crippen molar-refractivity contribution >= 4 is 16.8 Å². The summed E-state index contributed by atoms with van der Waals surface area (Å²) >= 11 is 0. The zero-order chi connectivity index (χ0) is 19.7. The van der Waals surface area contributed by atoms with E-state index in [1.165, 1.54) is 0 Å². The van der Waals surface area contributed by atoms with E-state index in [1.54, 1.807) is 10.9 Å². The van der Waals surface area contributed by atoms with Crippen molar-refractivity contribution in [2.45, 2.75) is 26.8 Å². The third-order valence-corrected chi connectivity index (χ3v) is 5.07. The standard InChI is InChI=1S/C23H22N4O/c1-15-20-7-4-5-8-21(20)25-17(3)22(15)23(28)26-16(2)18-9-11-19(12-10-18)27-14-6-13-24-27/h4-14,16H,1-3H3,(H,26,28)/t16-/m0/s1. The van der Waals surface area contributed by atoms with Crippen LogP contribution in [0.25, 0.3) is 16.6 Å². The number of amides is 1. The molecule has 0 bridgehead atoms. The molecule has 4 aromatic rings. The Labute approximate surface area is 164 Å². The van der Waals surface area contributed by atoms with Crippen molar-refractivity contribution in [1.82, 2.24) is 20.1 Å². The molecular weight excluding hydrogens is 348 g/mol. The minimum Gasteiger partial charge on any atom is -0.345 e. The Balaban J connectivity index is 1.57. The Morgan fingerprint density at radius 3 is 2.50 bits per heavy atom. The number of benzene rings is 2. The summed E-state index contributed by atoms with van der Waals surface area (Å²) in [6.07, 6.45) is 3.65. The van der Waals surface area contributed by atoms with Crippen molar-refractivity contribution < 1.29 is 4.79 Å². The lowest BCUT2D eigenvalue weighted by atomic mass is 10.0. The van der Waals surface area contributed by atoms with E-state index in [1.807, 2.05) is 81.6 Å². The second-order valence-electron chi connectivity index (χ2n) is 6.95. The third kappa shape index (κ3) is 3.27. The number of hydrogen-bond acceptors (Lipinski definition) is 3. The van der Waals surface area contributed by atoms with E-state index in [-0.39, 0.29) is 11.9 Å². The molecule has 2 heterocycles. The van der Waals surface area contributed by atoms with Crippen LogP contribution < -0.4 is 5.32 Å². The summed E-state index contributed by atoms with van der Waals surface area (Å²) in [4.78, 5) is 17.6. The molecule has 0 aliphatic rings. The van der Waals surface area contributed by atoms with Crippen molar-refractivity contribution in [3.05, 3.63) is 89.4 Å². The Morgan fingerprint density at radius 1 is 1.04 bits per heavy atom. The molecule has 0 aliphatic carbocycles. The first-order valence-corrected chi connectivity index (χ1v) is 9.31. The van der Waals surface area contributed by atoms with Crippen LogP contribution in [-0.4, -0.2) is 20.7 Å². The third-order valence-electron chi connectivity index (χ3n) is 5.07. The Hall–Kier alpha value is -3.47. The van der Waals surface area contributed by atoms with Crippen molar-refractivity contribution in [3.8, 4) is 5.69 Å². The van der Waals surface area contributed by atoms with Gasteiger partial charge in [-0.25, -0.2) is 4.68 Å². The first-order valence-electron chi connectivity index (χ1n) is 9.31. The van der Waals surface area contributed by atoms with Crippen molar-refractivity contribution in [1.29, 1.82) is 0 Å². The molecule has 0 saturated heterocycles. The minimum absolute atomic E-state index is 0.100. The molecule has 0 saturated carbocycles. The zero-order valence-electron chi connectivity index (χ0n) is 16.2. The minimum atomic E-state index is -0.121. The lowest BCUT2D eigenvalue weighted by Gasteiger charge is -2.17. The average molecular weight is 370 g/mol. The maximum atomic E-state index is 13.0. The highest BCUT2D eigenvalue weighted by Gasteiger charge is 2.18. The van der Waals surface area contributed by atoms with Gasteiger partial charge in [-0.15, -0.1) is 0 Å². The van der Waals surface area contributed by atoms with Gasteiger partial charge in [0.2, 0.25) is 0 Å². The summed E-state index contributed by atoms with van der Waals surface area (Å²) in [5.74, 6) is -0.100. The van der Waals surface area contributed by atoms with Crippen molar-refractivity contribution in [2.24, 2.45) is 0 Å². The van der Waals surface area contributed by atoms with E-state index in [0.29, 0.717) is 5.56 Å². The van der Waals surface area contributed by atoms with Gasteiger partial charge < -0.3 is 5.32 Å². The molecule has 28 heavy (non-hydrogen) atoms. The highest BCUT2D eigenvalue weighted by Crippen LogP contribution is 2.23. The fourth-order valence-electron chi connectivity index (χ4n) is 3.55. The number of nitrogens with zero attached hydrogens (tertiary/aromatic N) is 3. The summed E-state index contributed by atoms with van der Waals surface area (Å²) in [5, 5.41) is 8.35. The number of carbonyl (C=O) groups excluding carboxylic acids is 1. The molecule has 1 amide bonds. The van der Waals surface area contributed by atoms with E-state index < -0.39 is 0 Å². The normalized spacial score (nSPS) is 12.1. The van der Waals surface area contributed by atoms with Gasteiger partial charge in [0.1, 0.15) is 0 Å². The van der Waals surface area contributed by atoms with Crippen LogP contribution in [0.4, 0.5) is 0 Å². The van der Waals surface area contributed by atoms with Crippen LogP contribution in [0.1, 0.15) is 40.1 Å². The fraction of sp³-hybridized carbons (Fsp3) is 0.174. The predicted octanol–water partition coefficient (Wildman–Crippen LogP) is 4.53. The van der Waals surface area contributed by atoms with Crippen LogP contribution in [0.15, 0.2) is 67.0 Å². The average Bonchev–Trinajstić information content (AvgIpc) is 3.23. The van der Waals surface area contributed by atoms with Gasteiger partial charge in [-0.2, -0.15) is 5.10 Å². The molecule has 0 fully saturated rings. The van der Waals surface area contributed by atoms with Crippen LogP contribution in [-0.2, 0) is 0 Å². The van der Waals surface area contributed by atoms with Crippen LogP contribution in [0.3, 0.4) is 0 Å². The molecule has 0 unspecified atom stereocenters. The maximum Gasteiger partial charge on any atom is 0.253 e. The number of aromatic nitrogens is 3. The van der Waals surface area contributed by atoms with Gasteiger partial charge in [-0.05, 0) is 56.2 Å². The molecule has 4 rings (SSSR count). The van der Waals surface area contributed by atoms with Gasteiger partial charge in [0.15, 0.2) is 0 Å². The topological polar surface area (TPSA) is 59.8 Å². The first kappa shape index (κ1) is 17.9. The van der Waals surface area contributed by atoms with Gasteiger partial charge in [-0.1, -0.05) is 30.3 Å². The van der Waals surface area contributed by atoms with E-state index >= 15 is 0 Å². The van der Waals surface area contributed by atoms with Gasteiger partial charge in [0.05, 0.1) is 28.5 Å². The van der Waals surface area contributed by atoms with E-state index in [9.17, 15) is 4.79 Å². The Kier molecular flexibility index (Phi) is 4.65. The van der Waals surface area contributed by atoms with Crippen LogP contribution in [0.5, 0.6) is 0 Å². The zero-order valence-corrected chi connectivity index (χ0v) is 16.2.